The van der Waals surface area contributed by atoms with Gasteiger partial charge in [-0.05, 0) is 59.7 Å². The van der Waals surface area contributed by atoms with Gasteiger partial charge in [0.05, 0.1) is 18.2 Å². The van der Waals surface area contributed by atoms with Crippen molar-refractivity contribution < 1.29 is 42.6 Å². The molecule has 234 valence electrons. The fourth-order valence-corrected chi connectivity index (χ4v) is 5.09. The average molecular weight is 608 g/mol. The number of likely N-dealkylation sites (tertiary alicyclic amines) is 1. The number of amides is 3. The second kappa shape index (κ2) is 11.6. The van der Waals surface area contributed by atoms with E-state index in [0.717, 1.165) is 17.8 Å². The van der Waals surface area contributed by atoms with Crippen molar-refractivity contribution in [3.8, 4) is 5.75 Å². The number of imide groups is 1. The fraction of sp³-hybridized carbons (Fsp3) is 0.469. The molecule has 3 amide bonds. The van der Waals surface area contributed by atoms with Crippen LogP contribution in [0.3, 0.4) is 0 Å². The molecule has 1 aromatic carbocycles. The largest absolute Gasteiger partial charge is 0.486 e. The van der Waals surface area contributed by atoms with Gasteiger partial charge >= 0.3 is 12.1 Å². The van der Waals surface area contributed by atoms with E-state index in [2.05, 4.69) is 4.57 Å². The van der Waals surface area contributed by atoms with Crippen LogP contribution in [0.15, 0.2) is 48.8 Å². The number of hydrogen-bond acceptors (Lipinski definition) is 8. The van der Waals surface area contributed by atoms with Crippen LogP contribution >= 0.6 is 0 Å². The van der Waals surface area contributed by atoms with Gasteiger partial charge in [0, 0.05) is 31.5 Å². The van der Waals surface area contributed by atoms with E-state index in [0.29, 0.717) is 29.8 Å². The molecule has 1 saturated heterocycles. The molecule has 1 atom stereocenters. The predicted molar refractivity (Wildman–Crippen MR) is 157 cm³/mol. The molecular formula is C32H39N4O8+. The molecule has 0 spiro atoms. The topological polar surface area (TPSA) is 121 Å². The Morgan fingerprint density at radius 2 is 1.52 bits per heavy atom. The number of carbonyl (C=O) groups excluding carboxylic acids is 4. The highest BCUT2D eigenvalue weighted by atomic mass is 16.7. The molecule has 44 heavy (non-hydrogen) atoms. The quantitative estimate of drug-likeness (QED) is 0.217. The summed E-state index contributed by atoms with van der Waals surface area (Å²) in [5, 5.41) is 0.592. The number of carbonyl (C=O) groups is 4. The minimum absolute atomic E-state index is 0.197. The standard InChI is InChI=1S/C32H39N4O8/c1-31(2,3)42-29(39)25(44-36-27(37)23-10-8-9-11-24(23)28(36)38)19-41-22-12-13-26-33(7)21(17-34(26)18-22)14-20-15-35(16-20)30(40)43-32(4,5)6/h8-13,17-18,20,25H,14-16,19H2,1-7H3/q+1. The van der Waals surface area contributed by atoms with Crippen molar-refractivity contribution in [1.82, 2.24) is 14.5 Å². The number of pyridine rings is 1. The SMILES string of the molecule is Cn1c(CC2CN(C(=O)OC(C)(C)C)C2)c[n+]2cc(OCC(ON3C(=O)c4ccccc4C3=O)C(=O)OC(C)(C)C)ccc12. The molecule has 0 radical (unpaired) electrons. The molecule has 1 unspecified atom stereocenters. The van der Waals surface area contributed by atoms with Crippen LogP contribution in [0.1, 0.15) is 68.0 Å². The van der Waals surface area contributed by atoms with Gasteiger partial charge in [-0.1, -0.05) is 12.1 Å². The van der Waals surface area contributed by atoms with Gasteiger partial charge in [-0.2, -0.15) is 4.40 Å². The van der Waals surface area contributed by atoms with E-state index in [1.807, 2.05) is 44.5 Å². The van der Waals surface area contributed by atoms with Gasteiger partial charge in [-0.25, -0.2) is 19.0 Å². The van der Waals surface area contributed by atoms with Crippen LogP contribution < -0.4 is 9.14 Å². The highest BCUT2D eigenvalue weighted by Gasteiger charge is 2.41. The second-order valence-electron chi connectivity index (χ2n) is 13.2. The Hall–Kier alpha value is -4.45. The number of aromatic nitrogens is 2. The Balaban J connectivity index is 1.25. The molecule has 3 aromatic rings. The van der Waals surface area contributed by atoms with Gasteiger partial charge in [0.2, 0.25) is 6.10 Å². The lowest BCUT2D eigenvalue weighted by Gasteiger charge is -2.39. The Morgan fingerprint density at radius 3 is 2.11 bits per heavy atom. The first kappa shape index (κ1) is 31.0. The fourth-order valence-electron chi connectivity index (χ4n) is 5.09. The third-order valence-electron chi connectivity index (χ3n) is 7.16. The molecule has 5 rings (SSSR count). The zero-order chi connectivity index (χ0) is 32.0. The van der Waals surface area contributed by atoms with Crippen molar-refractivity contribution >= 4 is 29.5 Å². The van der Waals surface area contributed by atoms with Crippen molar-refractivity contribution in [2.75, 3.05) is 19.7 Å². The molecule has 0 aliphatic carbocycles. The third-order valence-corrected chi connectivity index (χ3v) is 7.16. The monoisotopic (exact) mass is 607 g/mol. The lowest BCUT2D eigenvalue weighted by molar-refractivity contribution is -0.511. The number of rotatable bonds is 8. The minimum atomic E-state index is -1.39. The molecule has 0 N–H and O–H groups in total. The summed E-state index contributed by atoms with van der Waals surface area (Å²) < 4.78 is 20.9. The Bertz CT molecular complexity index is 1580. The molecule has 12 nitrogen and oxygen atoms in total. The molecule has 0 saturated carbocycles. The summed E-state index contributed by atoms with van der Waals surface area (Å²) in [6.07, 6.45) is 2.87. The van der Waals surface area contributed by atoms with Gasteiger partial charge in [0.25, 0.3) is 17.5 Å². The maximum Gasteiger partial charge on any atom is 0.410 e. The van der Waals surface area contributed by atoms with E-state index < -0.39 is 35.1 Å². The summed E-state index contributed by atoms with van der Waals surface area (Å²) in [5.74, 6) is -1.33. The molecule has 2 aliphatic heterocycles. The second-order valence-corrected chi connectivity index (χ2v) is 13.2. The van der Waals surface area contributed by atoms with Gasteiger partial charge in [-0.15, -0.1) is 5.06 Å². The molecule has 0 bridgehead atoms. The molecule has 2 aromatic heterocycles. The Kier molecular flexibility index (Phi) is 8.15. The maximum atomic E-state index is 13.1. The number of hydrogen-bond donors (Lipinski definition) is 0. The van der Waals surface area contributed by atoms with Crippen LogP contribution in [0, 0.1) is 5.92 Å². The van der Waals surface area contributed by atoms with E-state index in [4.69, 9.17) is 19.0 Å². The normalized spacial score (nSPS) is 16.2. The van der Waals surface area contributed by atoms with Gasteiger partial charge in [0.15, 0.2) is 5.75 Å². The summed E-state index contributed by atoms with van der Waals surface area (Å²) in [6, 6.07) is 10.0. The lowest BCUT2D eigenvalue weighted by atomic mass is 9.95. The number of ether oxygens (including phenoxy) is 3. The number of imidazole rings is 1. The first-order valence-electron chi connectivity index (χ1n) is 14.6. The molecule has 12 heteroatoms. The zero-order valence-corrected chi connectivity index (χ0v) is 26.2. The molecular weight excluding hydrogens is 568 g/mol. The van der Waals surface area contributed by atoms with Crippen LogP contribution in [0.5, 0.6) is 5.75 Å². The Morgan fingerprint density at radius 1 is 0.909 bits per heavy atom. The molecule has 1 fully saturated rings. The van der Waals surface area contributed by atoms with Crippen molar-refractivity contribution in [3.63, 3.8) is 0 Å². The number of fused-ring (bicyclic) bond motifs is 2. The Labute approximate surface area is 256 Å². The lowest BCUT2D eigenvalue weighted by Crippen LogP contribution is -2.52. The highest BCUT2D eigenvalue weighted by Crippen LogP contribution is 2.26. The minimum Gasteiger partial charge on any atom is -0.486 e. The molecule has 4 heterocycles. The van der Waals surface area contributed by atoms with Crippen molar-refractivity contribution in [2.45, 2.75) is 65.3 Å². The maximum absolute atomic E-state index is 13.1. The van der Waals surface area contributed by atoms with Crippen molar-refractivity contribution in [2.24, 2.45) is 13.0 Å². The van der Waals surface area contributed by atoms with Crippen molar-refractivity contribution in [3.05, 3.63) is 65.6 Å². The van der Waals surface area contributed by atoms with E-state index in [1.54, 1.807) is 50.1 Å². The number of esters is 1. The van der Waals surface area contributed by atoms with Crippen LogP contribution in [0.25, 0.3) is 5.65 Å². The third kappa shape index (κ3) is 6.70. The van der Waals surface area contributed by atoms with Crippen molar-refractivity contribution in [1.29, 1.82) is 0 Å². The van der Waals surface area contributed by atoms with Gasteiger partial charge in [0.1, 0.15) is 35.9 Å². The average Bonchev–Trinajstić information content (AvgIpc) is 3.34. The summed E-state index contributed by atoms with van der Waals surface area (Å²) >= 11 is 0. The van der Waals surface area contributed by atoms with Crippen LogP contribution in [-0.4, -0.2) is 75.4 Å². The number of benzene rings is 1. The van der Waals surface area contributed by atoms with Gasteiger partial charge < -0.3 is 19.1 Å². The summed E-state index contributed by atoms with van der Waals surface area (Å²) in [4.78, 5) is 58.5. The van der Waals surface area contributed by atoms with E-state index in [9.17, 15) is 19.2 Å². The van der Waals surface area contributed by atoms with Crippen LogP contribution in [-0.2, 0) is 32.6 Å². The smallest absolute Gasteiger partial charge is 0.410 e. The van der Waals surface area contributed by atoms with E-state index >= 15 is 0 Å². The van der Waals surface area contributed by atoms with Crippen LogP contribution in [0.2, 0.25) is 0 Å². The highest BCUT2D eigenvalue weighted by molar-refractivity contribution is 6.20. The summed E-state index contributed by atoms with van der Waals surface area (Å²) in [5.41, 5.74) is 1.03. The number of nitrogens with zero attached hydrogens (tertiary/aromatic N) is 4. The van der Waals surface area contributed by atoms with E-state index in [1.165, 1.54) is 12.1 Å². The summed E-state index contributed by atoms with van der Waals surface area (Å²) in [6.45, 7) is 11.6. The van der Waals surface area contributed by atoms with Gasteiger partial charge in [-0.3, -0.25) is 9.59 Å². The molecule has 2 aliphatic rings. The first-order chi connectivity index (χ1) is 20.6. The zero-order valence-electron chi connectivity index (χ0n) is 26.2. The number of hydroxylamine groups is 2. The summed E-state index contributed by atoms with van der Waals surface area (Å²) in [7, 11) is 1.98. The first-order valence-corrected chi connectivity index (χ1v) is 14.6. The van der Waals surface area contributed by atoms with Crippen LogP contribution in [0.4, 0.5) is 4.79 Å². The number of aryl methyl sites for hydroxylation is 1. The van der Waals surface area contributed by atoms with E-state index in [-0.39, 0.29) is 23.8 Å². The predicted octanol–water partition coefficient (Wildman–Crippen LogP) is 3.49.